The van der Waals surface area contributed by atoms with Gasteiger partial charge in [-0.05, 0) is 12.1 Å². The van der Waals surface area contributed by atoms with Crippen molar-refractivity contribution >= 4 is 27.0 Å². The topological polar surface area (TPSA) is 114 Å². The van der Waals surface area contributed by atoms with Crippen LogP contribution in [0.4, 0.5) is 5.69 Å². The van der Waals surface area contributed by atoms with Gasteiger partial charge in [-0.3, -0.25) is 4.79 Å². The molecule has 0 amide bonds. The summed E-state index contributed by atoms with van der Waals surface area (Å²) in [6.45, 7) is 0.0678. The van der Waals surface area contributed by atoms with Gasteiger partial charge in [0.05, 0.1) is 12.3 Å². The number of ether oxygens (including phenoxy) is 1. The number of aromatic amines is 1. The van der Waals surface area contributed by atoms with Crippen LogP contribution in [0.5, 0.6) is 5.75 Å². The van der Waals surface area contributed by atoms with Crippen LogP contribution in [0.1, 0.15) is 5.69 Å². The van der Waals surface area contributed by atoms with Crippen molar-refractivity contribution in [3.8, 4) is 5.75 Å². The van der Waals surface area contributed by atoms with E-state index in [0.717, 1.165) is 11.3 Å². The maximum Gasteiger partial charge on any atom is 0.304 e. The predicted molar refractivity (Wildman–Crippen MR) is 81.9 cm³/mol. The molecule has 1 aromatic carbocycles. The maximum atomic E-state index is 11.8. The molecular weight excluding hydrogens is 314 g/mol. The van der Waals surface area contributed by atoms with Crippen LogP contribution in [0.3, 0.4) is 0 Å². The quantitative estimate of drug-likeness (QED) is 0.641. The second kappa shape index (κ2) is 6.74. The molecule has 1 heterocycles. The molecule has 0 radical (unpaired) electrons. The monoisotopic (exact) mass is 329 g/mol. The number of anilines is 1. The Kier molecular flexibility index (Phi) is 4.99. The Morgan fingerprint density at radius 3 is 2.86 bits per heavy atom. The third-order valence-electron chi connectivity index (χ3n) is 2.53. The minimum atomic E-state index is -3.47. The largest absolute Gasteiger partial charge is 0.492 e. The Bertz CT molecular complexity index is 752. The summed E-state index contributed by atoms with van der Waals surface area (Å²) in [7, 11) is -3.47. The summed E-state index contributed by atoms with van der Waals surface area (Å²) in [5.74, 6) is 0.336. The van der Waals surface area contributed by atoms with Crippen molar-refractivity contribution in [2.45, 2.75) is 6.54 Å². The molecule has 0 atom stereocenters. The molecule has 0 fully saturated rings. The number of benzene rings is 1. The lowest BCUT2D eigenvalue weighted by molar-refractivity contribution is 0.340. The van der Waals surface area contributed by atoms with Crippen molar-refractivity contribution < 1.29 is 13.2 Å². The number of nitrogens with two attached hydrogens (primary N) is 1. The van der Waals surface area contributed by atoms with E-state index >= 15 is 0 Å². The van der Waals surface area contributed by atoms with Gasteiger partial charge in [0.2, 0.25) is 10.0 Å². The van der Waals surface area contributed by atoms with Gasteiger partial charge in [-0.25, -0.2) is 13.1 Å². The summed E-state index contributed by atoms with van der Waals surface area (Å²) >= 11 is 0.989. The van der Waals surface area contributed by atoms with Crippen LogP contribution in [-0.2, 0) is 16.6 Å². The second-order valence-electron chi connectivity index (χ2n) is 4.23. The van der Waals surface area contributed by atoms with Gasteiger partial charge < -0.3 is 15.5 Å². The van der Waals surface area contributed by atoms with Crippen LogP contribution >= 0.6 is 11.3 Å². The fraction of sp³-hybridized carbons (Fsp3) is 0.250. The Morgan fingerprint density at radius 1 is 1.38 bits per heavy atom. The predicted octanol–water partition coefficient (Wildman–Crippen LogP) is 0.517. The van der Waals surface area contributed by atoms with Crippen molar-refractivity contribution in [3.63, 3.8) is 0 Å². The van der Waals surface area contributed by atoms with Crippen LogP contribution in [0, 0.1) is 0 Å². The smallest absolute Gasteiger partial charge is 0.304 e. The van der Waals surface area contributed by atoms with Crippen LogP contribution in [0.25, 0.3) is 0 Å². The highest BCUT2D eigenvalue weighted by Gasteiger charge is 2.11. The van der Waals surface area contributed by atoms with E-state index in [4.69, 9.17) is 10.5 Å². The molecule has 0 unspecified atom stereocenters. The maximum absolute atomic E-state index is 11.8. The lowest BCUT2D eigenvalue weighted by Crippen LogP contribution is -2.29. The van der Waals surface area contributed by atoms with Gasteiger partial charge in [0, 0.05) is 22.8 Å². The minimum absolute atomic E-state index is 0.0128. The third kappa shape index (κ3) is 5.21. The molecule has 0 saturated carbocycles. The minimum Gasteiger partial charge on any atom is -0.492 e. The Hall–Kier alpha value is -1.84. The average Bonchev–Trinajstić information content (AvgIpc) is 2.82. The number of sulfonamides is 1. The molecule has 4 N–H and O–H groups in total. The Balaban J connectivity index is 1.80. The van der Waals surface area contributed by atoms with Gasteiger partial charge in [-0.2, -0.15) is 0 Å². The SMILES string of the molecule is Nc1cccc(OCCS(=O)(=O)NCc2csc(=O)[nH]2)c1. The van der Waals surface area contributed by atoms with Crippen LogP contribution in [0.15, 0.2) is 34.4 Å². The van der Waals surface area contributed by atoms with Crippen LogP contribution in [0.2, 0.25) is 0 Å². The Labute approximate surface area is 125 Å². The molecule has 2 aromatic rings. The number of hydrogen-bond acceptors (Lipinski definition) is 6. The molecular formula is C12H15N3O4S2. The highest BCUT2D eigenvalue weighted by molar-refractivity contribution is 7.89. The Morgan fingerprint density at radius 2 is 2.19 bits per heavy atom. The van der Waals surface area contributed by atoms with Gasteiger partial charge in [-0.15, -0.1) is 0 Å². The number of nitrogen functional groups attached to an aromatic ring is 1. The van der Waals surface area contributed by atoms with Crippen molar-refractivity contribution in [2.75, 3.05) is 18.1 Å². The van der Waals surface area contributed by atoms with Crippen molar-refractivity contribution in [1.82, 2.24) is 9.71 Å². The van der Waals surface area contributed by atoms with Crippen molar-refractivity contribution in [3.05, 3.63) is 45.0 Å². The summed E-state index contributed by atoms with van der Waals surface area (Å²) in [5.41, 5.74) is 6.68. The molecule has 0 saturated heterocycles. The first-order valence-electron chi connectivity index (χ1n) is 6.07. The number of thiazole rings is 1. The second-order valence-corrected chi connectivity index (χ2v) is 7.00. The van der Waals surface area contributed by atoms with Crippen LogP contribution in [-0.4, -0.2) is 25.8 Å². The molecule has 21 heavy (non-hydrogen) atoms. The van der Waals surface area contributed by atoms with E-state index < -0.39 is 10.0 Å². The zero-order chi connectivity index (χ0) is 15.3. The van der Waals surface area contributed by atoms with E-state index in [1.807, 2.05) is 0 Å². The van der Waals surface area contributed by atoms with Gasteiger partial charge >= 0.3 is 4.87 Å². The molecule has 0 bridgehead atoms. The number of H-pyrrole nitrogens is 1. The molecule has 7 nitrogen and oxygen atoms in total. The fourth-order valence-corrected chi connectivity index (χ4v) is 2.94. The van der Waals surface area contributed by atoms with Crippen LogP contribution < -0.4 is 20.1 Å². The molecule has 114 valence electrons. The molecule has 2 rings (SSSR count). The standard InChI is InChI=1S/C12H15N3O4S2/c13-9-2-1-3-11(6-9)19-4-5-21(17,18)14-7-10-8-20-12(16)15-10/h1-3,6,8,14H,4-5,7,13H2,(H,15,16). The lowest BCUT2D eigenvalue weighted by atomic mass is 10.3. The first kappa shape index (κ1) is 15.5. The molecule has 9 heteroatoms. The zero-order valence-corrected chi connectivity index (χ0v) is 12.7. The van der Waals surface area contributed by atoms with E-state index in [1.54, 1.807) is 29.6 Å². The van der Waals surface area contributed by atoms with E-state index in [9.17, 15) is 13.2 Å². The summed E-state index contributed by atoms with van der Waals surface area (Å²) in [6, 6.07) is 6.76. The van der Waals surface area contributed by atoms with E-state index in [-0.39, 0.29) is 23.8 Å². The molecule has 1 aromatic heterocycles. The normalized spacial score (nSPS) is 11.4. The van der Waals surface area contributed by atoms with E-state index in [1.165, 1.54) is 0 Å². The number of nitrogens with one attached hydrogen (secondary N) is 2. The van der Waals surface area contributed by atoms with Gasteiger partial charge in [0.15, 0.2) is 0 Å². The number of hydrogen-bond donors (Lipinski definition) is 3. The molecule has 0 spiro atoms. The highest BCUT2D eigenvalue weighted by Crippen LogP contribution is 2.14. The lowest BCUT2D eigenvalue weighted by Gasteiger charge is -2.08. The van der Waals surface area contributed by atoms with Gasteiger partial charge in [0.25, 0.3) is 0 Å². The van der Waals surface area contributed by atoms with E-state index in [2.05, 4.69) is 9.71 Å². The fourth-order valence-electron chi connectivity index (χ4n) is 1.53. The number of aromatic nitrogens is 1. The third-order valence-corrected chi connectivity index (χ3v) is 4.54. The first-order valence-corrected chi connectivity index (χ1v) is 8.60. The molecule has 0 aliphatic carbocycles. The van der Waals surface area contributed by atoms with Crippen molar-refractivity contribution in [1.29, 1.82) is 0 Å². The summed E-state index contributed by atoms with van der Waals surface area (Å²) in [5, 5.41) is 1.58. The summed E-state index contributed by atoms with van der Waals surface area (Å²) < 4.78 is 31.2. The molecule has 0 aliphatic heterocycles. The van der Waals surface area contributed by atoms with Crippen molar-refractivity contribution in [2.24, 2.45) is 0 Å². The average molecular weight is 329 g/mol. The number of rotatable bonds is 7. The van der Waals surface area contributed by atoms with Gasteiger partial charge in [-0.1, -0.05) is 17.4 Å². The summed E-state index contributed by atoms with van der Waals surface area (Å²) in [4.78, 5) is 13.2. The summed E-state index contributed by atoms with van der Waals surface area (Å²) in [6.07, 6.45) is 0. The molecule has 0 aliphatic rings. The van der Waals surface area contributed by atoms with Gasteiger partial charge in [0.1, 0.15) is 12.4 Å². The van der Waals surface area contributed by atoms with E-state index in [0.29, 0.717) is 17.1 Å². The zero-order valence-electron chi connectivity index (χ0n) is 11.0. The highest BCUT2D eigenvalue weighted by atomic mass is 32.2. The first-order chi connectivity index (χ1) is 9.94.